The molecule has 4 rings (SSSR count). The summed E-state index contributed by atoms with van der Waals surface area (Å²) in [6.45, 7) is 5.51. The van der Waals surface area contributed by atoms with Crippen LogP contribution in [0.15, 0.2) is 24.3 Å². The van der Waals surface area contributed by atoms with E-state index in [1.54, 1.807) is 7.11 Å². The fraction of sp³-hybridized carbons (Fsp3) is 0.591. The van der Waals surface area contributed by atoms with Crippen LogP contribution in [0.5, 0.6) is 5.75 Å². The largest absolute Gasteiger partial charge is 0.496 e. The number of nitrogens with one attached hydrogen (secondary N) is 1. The van der Waals surface area contributed by atoms with Gasteiger partial charge < -0.3 is 15.0 Å². The molecule has 1 aromatic heterocycles. The van der Waals surface area contributed by atoms with Gasteiger partial charge in [-0.05, 0) is 69.7 Å². The second-order valence-electron chi connectivity index (χ2n) is 8.20. The van der Waals surface area contributed by atoms with E-state index in [0.717, 1.165) is 69.7 Å². The summed E-state index contributed by atoms with van der Waals surface area (Å²) >= 11 is 0. The van der Waals surface area contributed by atoms with Gasteiger partial charge in [0.15, 0.2) is 5.69 Å². The third-order valence-corrected chi connectivity index (χ3v) is 6.39. The van der Waals surface area contributed by atoms with E-state index in [4.69, 9.17) is 4.74 Å². The van der Waals surface area contributed by atoms with Crippen molar-refractivity contribution in [1.29, 1.82) is 0 Å². The highest BCUT2D eigenvalue weighted by Crippen LogP contribution is 2.28. The number of hydrogen-bond donors (Lipinski definition) is 1. The highest BCUT2D eigenvalue weighted by Gasteiger charge is 2.29. The molecule has 0 bridgehead atoms. The molecule has 8 heteroatoms. The Morgan fingerprint density at radius 3 is 2.57 bits per heavy atom. The number of nitrogens with zero attached hydrogens (tertiary/aromatic N) is 4. The first-order valence-electron chi connectivity index (χ1n) is 10.7. The van der Waals surface area contributed by atoms with E-state index in [1.165, 1.54) is 5.56 Å². The predicted molar refractivity (Wildman–Crippen MR) is 118 cm³/mol. The van der Waals surface area contributed by atoms with Gasteiger partial charge in [-0.25, -0.2) is 4.68 Å². The van der Waals surface area contributed by atoms with Crippen LogP contribution in [-0.4, -0.2) is 59.1 Å². The summed E-state index contributed by atoms with van der Waals surface area (Å²) in [7, 11) is 1.72. The van der Waals surface area contributed by atoms with Gasteiger partial charge in [0.2, 0.25) is 0 Å². The molecule has 2 aliphatic rings. The minimum Gasteiger partial charge on any atom is -0.496 e. The maximum Gasteiger partial charge on any atom is 0.276 e. The molecular formula is C22H32ClN5O2. The smallest absolute Gasteiger partial charge is 0.276 e. The number of methoxy groups -OCH3 is 1. The lowest BCUT2D eigenvalue weighted by Gasteiger charge is -2.32. The third kappa shape index (κ3) is 4.78. The summed E-state index contributed by atoms with van der Waals surface area (Å²) in [6, 6.07) is 8.56. The molecule has 0 spiro atoms. The van der Waals surface area contributed by atoms with Crippen LogP contribution in [-0.2, 0) is 6.42 Å². The van der Waals surface area contributed by atoms with Gasteiger partial charge in [0.25, 0.3) is 5.91 Å². The zero-order valence-electron chi connectivity index (χ0n) is 17.8. The number of aromatic nitrogens is 3. The van der Waals surface area contributed by atoms with Crippen molar-refractivity contribution in [2.45, 2.75) is 45.1 Å². The van der Waals surface area contributed by atoms with Gasteiger partial charge in [-0.15, -0.1) is 17.5 Å². The van der Waals surface area contributed by atoms with Crippen LogP contribution in [0.2, 0.25) is 0 Å². The molecule has 7 nitrogen and oxygen atoms in total. The Morgan fingerprint density at radius 2 is 1.87 bits per heavy atom. The van der Waals surface area contributed by atoms with Gasteiger partial charge in [0.1, 0.15) is 5.75 Å². The monoisotopic (exact) mass is 433 g/mol. The number of rotatable bonds is 5. The van der Waals surface area contributed by atoms with Crippen molar-refractivity contribution < 1.29 is 9.53 Å². The second kappa shape index (κ2) is 10.3. The van der Waals surface area contributed by atoms with Crippen molar-refractivity contribution in [3.63, 3.8) is 0 Å². The molecule has 164 valence electrons. The fourth-order valence-corrected chi connectivity index (χ4v) is 4.61. The van der Waals surface area contributed by atoms with E-state index in [2.05, 4.69) is 27.8 Å². The fourth-order valence-electron chi connectivity index (χ4n) is 4.61. The molecule has 0 aliphatic carbocycles. The quantitative estimate of drug-likeness (QED) is 0.784. The lowest BCUT2D eigenvalue weighted by Crippen LogP contribution is -2.39. The standard InChI is InChI=1S/C22H31N5O2.ClH/c1-16-21(24-25-27(16)19-7-11-23-12-8-19)22(28)26-13-9-17(10-14-26)15-18-5-3-4-6-20(18)29-2;/h3-6,17,19,23H,7-15H2,1-2H3;1H. The Kier molecular flexibility index (Phi) is 7.72. The van der Waals surface area contributed by atoms with Crippen LogP contribution in [0, 0.1) is 12.8 Å². The summed E-state index contributed by atoms with van der Waals surface area (Å²) in [5.41, 5.74) is 2.67. The van der Waals surface area contributed by atoms with Crippen molar-refractivity contribution in [2.75, 3.05) is 33.3 Å². The number of amides is 1. The maximum absolute atomic E-state index is 13.1. The number of para-hydroxylation sites is 1. The molecule has 2 aromatic rings. The summed E-state index contributed by atoms with van der Waals surface area (Å²) in [5.74, 6) is 1.55. The van der Waals surface area contributed by atoms with Gasteiger partial charge in [0.05, 0.1) is 18.8 Å². The molecule has 3 heterocycles. The first-order valence-corrected chi connectivity index (χ1v) is 10.7. The second-order valence-corrected chi connectivity index (χ2v) is 8.20. The third-order valence-electron chi connectivity index (χ3n) is 6.39. The van der Waals surface area contributed by atoms with Crippen LogP contribution in [0.25, 0.3) is 0 Å². The Labute approximate surface area is 184 Å². The van der Waals surface area contributed by atoms with Crippen LogP contribution in [0.4, 0.5) is 0 Å². The topological polar surface area (TPSA) is 72.3 Å². The molecule has 2 saturated heterocycles. The zero-order chi connectivity index (χ0) is 20.2. The molecule has 0 radical (unpaired) electrons. The van der Waals surface area contributed by atoms with E-state index in [9.17, 15) is 4.79 Å². The number of likely N-dealkylation sites (tertiary alicyclic amines) is 1. The van der Waals surface area contributed by atoms with Crippen LogP contribution >= 0.6 is 12.4 Å². The molecule has 1 amide bonds. The Hall–Kier alpha value is -2.12. The molecule has 0 saturated carbocycles. The van der Waals surface area contributed by atoms with Crippen LogP contribution in [0.1, 0.15) is 53.5 Å². The highest BCUT2D eigenvalue weighted by atomic mass is 35.5. The average Bonchev–Trinajstić information content (AvgIpc) is 3.16. The molecule has 1 aromatic carbocycles. The normalized spacial score (nSPS) is 18.1. The summed E-state index contributed by atoms with van der Waals surface area (Å²) in [4.78, 5) is 15.0. The van der Waals surface area contributed by atoms with Crippen LogP contribution < -0.4 is 10.1 Å². The average molecular weight is 434 g/mol. The van der Waals surface area contributed by atoms with Gasteiger partial charge in [0, 0.05) is 13.1 Å². The van der Waals surface area contributed by atoms with Crippen molar-refractivity contribution >= 4 is 18.3 Å². The lowest BCUT2D eigenvalue weighted by molar-refractivity contribution is 0.0683. The van der Waals surface area contributed by atoms with Gasteiger partial charge >= 0.3 is 0 Å². The van der Waals surface area contributed by atoms with E-state index < -0.39 is 0 Å². The predicted octanol–water partition coefficient (Wildman–Crippen LogP) is 3.04. The van der Waals surface area contributed by atoms with E-state index in [0.29, 0.717) is 17.7 Å². The summed E-state index contributed by atoms with van der Waals surface area (Å²) in [5, 5.41) is 12.0. The number of halogens is 1. The number of benzene rings is 1. The molecule has 30 heavy (non-hydrogen) atoms. The summed E-state index contributed by atoms with van der Waals surface area (Å²) < 4.78 is 7.44. The van der Waals surface area contributed by atoms with Gasteiger partial charge in [-0.3, -0.25) is 4.79 Å². The van der Waals surface area contributed by atoms with E-state index >= 15 is 0 Å². The zero-order valence-corrected chi connectivity index (χ0v) is 18.7. The van der Waals surface area contributed by atoms with Crippen molar-refractivity contribution in [1.82, 2.24) is 25.2 Å². The molecule has 0 atom stereocenters. The number of carbonyl (C=O) groups is 1. The van der Waals surface area contributed by atoms with Crippen molar-refractivity contribution in [3.05, 3.63) is 41.2 Å². The number of hydrogen-bond acceptors (Lipinski definition) is 5. The lowest BCUT2D eigenvalue weighted by atomic mass is 9.89. The molecule has 2 aliphatic heterocycles. The summed E-state index contributed by atoms with van der Waals surface area (Å²) in [6.07, 6.45) is 5.08. The minimum absolute atomic E-state index is 0. The Bertz CT molecular complexity index is 842. The maximum atomic E-state index is 13.1. The minimum atomic E-state index is 0. The molecule has 2 fully saturated rings. The molecule has 1 N–H and O–H groups in total. The van der Waals surface area contributed by atoms with Gasteiger partial charge in [-0.1, -0.05) is 23.4 Å². The van der Waals surface area contributed by atoms with E-state index in [-0.39, 0.29) is 18.3 Å². The highest BCUT2D eigenvalue weighted by molar-refractivity contribution is 5.93. The SMILES string of the molecule is COc1ccccc1CC1CCN(C(=O)c2nnn(C3CCNCC3)c2C)CC1.Cl. The molecule has 0 unspecified atom stereocenters. The Morgan fingerprint density at radius 1 is 1.17 bits per heavy atom. The van der Waals surface area contributed by atoms with Crippen molar-refractivity contribution in [3.8, 4) is 5.75 Å². The van der Waals surface area contributed by atoms with E-state index in [1.807, 2.05) is 28.6 Å². The number of ether oxygens (including phenoxy) is 1. The van der Waals surface area contributed by atoms with Crippen molar-refractivity contribution in [2.24, 2.45) is 5.92 Å². The Balaban J connectivity index is 0.00000256. The first kappa shape index (κ1) is 22.6. The molecular weight excluding hydrogens is 402 g/mol. The van der Waals surface area contributed by atoms with Gasteiger partial charge in [-0.2, -0.15) is 0 Å². The number of piperidine rings is 2. The first-order chi connectivity index (χ1) is 14.2. The number of carbonyl (C=O) groups excluding carboxylic acids is 1. The van der Waals surface area contributed by atoms with Crippen LogP contribution in [0.3, 0.4) is 0 Å².